The predicted octanol–water partition coefficient (Wildman–Crippen LogP) is 3.75. The highest BCUT2D eigenvalue weighted by molar-refractivity contribution is 5.80. The van der Waals surface area contributed by atoms with E-state index in [0.29, 0.717) is 24.3 Å². The van der Waals surface area contributed by atoms with Crippen molar-refractivity contribution in [2.45, 2.75) is 32.3 Å². The molecule has 0 atom stereocenters. The van der Waals surface area contributed by atoms with Gasteiger partial charge in [-0.2, -0.15) is 0 Å². The molecule has 0 spiro atoms. The van der Waals surface area contributed by atoms with Gasteiger partial charge in [-0.05, 0) is 37.0 Å². The zero-order chi connectivity index (χ0) is 19.5. The van der Waals surface area contributed by atoms with Crippen LogP contribution in [0.2, 0.25) is 0 Å². The summed E-state index contributed by atoms with van der Waals surface area (Å²) in [6, 6.07) is 15.3. The van der Waals surface area contributed by atoms with Crippen LogP contribution in [0.3, 0.4) is 0 Å². The summed E-state index contributed by atoms with van der Waals surface area (Å²) in [6.07, 6.45) is 1.21. The highest BCUT2D eigenvalue weighted by Gasteiger charge is 2.26. The van der Waals surface area contributed by atoms with Gasteiger partial charge in [0.05, 0.1) is 10.9 Å². The van der Waals surface area contributed by atoms with Crippen LogP contribution in [0.4, 0.5) is 4.79 Å². The van der Waals surface area contributed by atoms with Crippen molar-refractivity contribution in [1.82, 2.24) is 14.9 Å². The number of para-hydroxylation sites is 1. The first kappa shape index (κ1) is 18.2. The Morgan fingerprint density at radius 2 is 1.89 bits per heavy atom. The lowest BCUT2D eigenvalue weighted by Gasteiger charge is -2.30. The number of nitrogens with zero attached hydrogens (tertiary/aromatic N) is 2. The molecule has 0 unspecified atom stereocenters. The zero-order valence-corrected chi connectivity index (χ0v) is 15.9. The van der Waals surface area contributed by atoms with Crippen molar-refractivity contribution in [2.24, 2.45) is 0 Å². The van der Waals surface area contributed by atoms with Gasteiger partial charge in [0, 0.05) is 19.0 Å². The molecule has 1 fully saturated rings. The van der Waals surface area contributed by atoms with Crippen molar-refractivity contribution in [3.8, 4) is 0 Å². The van der Waals surface area contributed by atoms with Gasteiger partial charge >= 0.3 is 6.09 Å². The standard InChI is InChI=1S/C22H23N3O3/c1-15-6-5-9-18-19(15)23-20(24-21(18)26)17-10-12-25(13-11-17)22(27)28-14-16-7-3-2-4-8-16/h2-9,17H,10-14H2,1H3,(H,23,24,26). The Morgan fingerprint density at radius 3 is 2.64 bits per heavy atom. The number of piperidine rings is 1. The monoisotopic (exact) mass is 377 g/mol. The maximum absolute atomic E-state index is 12.4. The van der Waals surface area contributed by atoms with E-state index in [1.165, 1.54) is 0 Å². The average molecular weight is 377 g/mol. The number of amides is 1. The molecule has 6 nitrogen and oxygen atoms in total. The van der Waals surface area contributed by atoms with Gasteiger partial charge < -0.3 is 14.6 Å². The summed E-state index contributed by atoms with van der Waals surface area (Å²) in [4.78, 5) is 34.1. The largest absolute Gasteiger partial charge is 0.445 e. The molecule has 1 aromatic heterocycles. The van der Waals surface area contributed by atoms with Crippen LogP contribution in [0.5, 0.6) is 0 Å². The maximum Gasteiger partial charge on any atom is 0.410 e. The fourth-order valence-corrected chi connectivity index (χ4v) is 3.66. The first-order valence-electron chi connectivity index (χ1n) is 9.57. The number of aromatic amines is 1. The molecule has 1 N–H and O–H groups in total. The topological polar surface area (TPSA) is 75.3 Å². The minimum atomic E-state index is -0.293. The van der Waals surface area contributed by atoms with Crippen LogP contribution in [0.25, 0.3) is 10.9 Å². The molecule has 144 valence electrons. The molecule has 6 heteroatoms. The number of hydrogen-bond acceptors (Lipinski definition) is 4. The van der Waals surface area contributed by atoms with Gasteiger partial charge in [0.15, 0.2) is 0 Å². The molecule has 3 aromatic rings. The minimum absolute atomic E-state index is 0.103. The van der Waals surface area contributed by atoms with Crippen LogP contribution < -0.4 is 5.56 Å². The number of likely N-dealkylation sites (tertiary alicyclic amines) is 1. The van der Waals surface area contributed by atoms with Crippen LogP contribution >= 0.6 is 0 Å². The number of aromatic nitrogens is 2. The second kappa shape index (κ2) is 7.84. The average Bonchev–Trinajstić information content (AvgIpc) is 2.73. The van der Waals surface area contributed by atoms with Crippen molar-refractivity contribution >= 4 is 17.0 Å². The van der Waals surface area contributed by atoms with Gasteiger partial charge in [-0.15, -0.1) is 0 Å². The molecular formula is C22H23N3O3. The minimum Gasteiger partial charge on any atom is -0.445 e. The maximum atomic E-state index is 12.4. The number of rotatable bonds is 3. The van der Waals surface area contributed by atoms with Crippen molar-refractivity contribution in [2.75, 3.05) is 13.1 Å². The summed E-state index contributed by atoms with van der Waals surface area (Å²) in [5.41, 5.74) is 2.62. The molecule has 2 aromatic carbocycles. The Bertz CT molecular complexity index is 1040. The molecule has 1 amide bonds. The number of aryl methyl sites for hydroxylation is 1. The van der Waals surface area contributed by atoms with E-state index in [-0.39, 0.29) is 24.2 Å². The lowest BCUT2D eigenvalue weighted by Crippen LogP contribution is -2.38. The van der Waals surface area contributed by atoms with E-state index in [1.54, 1.807) is 11.0 Å². The van der Waals surface area contributed by atoms with Crippen molar-refractivity contribution in [1.29, 1.82) is 0 Å². The van der Waals surface area contributed by atoms with Crippen LogP contribution in [0, 0.1) is 6.92 Å². The number of nitrogens with one attached hydrogen (secondary N) is 1. The van der Waals surface area contributed by atoms with Gasteiger partial charge in [-0.3, -0.25) is 4.79 Å². The summed E-state index contributed by atoms with van der Waals surface area (Å²) in [5.74, 6) is 0.846. The van der Waals surface area contributed by atoms with E-state index in [9.17, 15) is 9.59 Å². The molecule has 1 saturated heterocycles. The number of carbonyl (C=O) groups excluding carboxylic acids is 1. The highest BCUT2D eigenvalue weighted by atomic mass is 16.6. The van der Waals surface area contributed by atoms with Gasteiger partial charge in [0.25, 0.3) is 5.56 Å². The molecule has 0 bridgehead atoms. The van der Waals surface area contributed by atoms with Gasteiger partial charge in [0.2, 0.25) is 0 Å². The predicted molar refractivity (Wildman–Crippen MR) is 107 cm³/mol. The summed E-state index contributed by atoms with van der Waals surface area (Å²) in [7, 11) is 0. The lowest BCUT2D eigenvalue weighted by atomic mass is 9.96. The summed E-state index contributed by atoms with van der Waals surface area (Å²) in [6.45, 7) is 3.42. The van der Waals surface area contributed by atoms with E-state index in [1.807, 2.05) is 49.4 Å². The van der Waals surface area contributed by atoms with Crippen molar-refractivity contribution < 1.29 is 9.53 Å². The molecule has 4 rings (SSSR count). The van der Waals surface area contributed by atoms with E-state index < -0.39 is 0 Å². The fourth-order valence-electron chi connectivity index (χ4n) is 3.66. The first-order valence-corrected chi connectivity index (χ1v) is 9.57. The Balaban J connectivity index is 1.40. The van der Waals surface area contributed by atoms with Crippen molar-refractivity contribution in [3.63, 3.8) is 0 Å². The SMILES string of the molecule is Cc1cccc2c(=O)[nH]c(C3CCN(C(=O)OCc4ccccc4)CC3)nc12. The van der Waals surface area contributed by atoms with Crippen LogP contribution in [-0.2, 0) is 11.3 Å². The quantitative estimate of drug-likeness (QED) is 0.754. The number of hydrogen-bond donors (Lipinski definition) is 1. The Kier molecular flexibility index (Phi) is 5.10. The molecule has 0 radical (unpaired) electrons. The van der Waals surface area contributed by atoms with Crippen LogP contribution in [0.15, 0.2) is 53.3 Å². The van der Waals surface area contributed by atoms with E-state index >= 15 is 0 Å². The summed E-state index contributed by atoms with van der Waals surface area (Å²) in [5, 5.41) is 0.616. The second-order valence-corrected chi connectivity index (χ2v) is 7.22. The smallest absolute Gasteiger partial charge is 0.410 e. The Morgan fingerprint density at radius 1 is 1.14 bits per heavy atom. The fraction of sp³-hybridized carbons (Fsp3) is 0.318. The number of fused-ring (bicyclic) bond motifs is 1. The molecule has 1 aliphatic rings. The van der Waals surface area contributed by atoms with Crippen LogP contribution in [-0.4, -0.2) is 34.1 Å². The zero-order valence-electron chi connectivity index (χ0n) is 15.9. The van der Waals surface area contributed by atoms with Crippen molar-refractivity contribution in [3.05, 3.63) is 75.8 Å². The molecule has 28 heavy (non-hydrogen) atoms. The molecule has 0 saturated carbocycles. The van der Waals surface area contributed by atoms with E-state index in [4.69, 9.17) is 9.72 Å². The van der Waals surface area contributed by atoms with Gasteiger partial charge in [-0.1, -0.05) is 42.5 Å². The Labute approximate surface area is 163 Å². The molecular weight excluding hydrogens is 354 g/mol. The van der Waals surface area contributed by atoms with E-state index in [0.717, 1.165) is 29.5 Å². The molecule has 1 aliphatic heterocycles. The van der Waals surface area contributed by atoms with Crippen LogP contribution in [0.1, 0.15) is 35.7 Å². The normalized spacial score (nSPS) is 15.0. The summed E-state index contributed by atoms with van der Waals surface area (Å²) < 4.78 is 5.41. The first-order chi connectivity index (χ1) is 13.6. The number of benzene rings is 2. The lowest BCUT2D eigenvalue weighted by molar-refractivity contribution is 0.0866. The Hall–Kier alpha value is -3.15. The third-order valence-electron chi connectivity index (χ3n) is 5.30. The number of carbonyl (C=O) groups is 1. The third-order valence-corrected chi connectivity index (χ3v) is 5.30. The third kappa shape index (κ3) is 3.76. The highest BCUT2D eigenvalue weighted by Crippen LogP contribution is 2.26. The second-order valence-electron chi connectivity index (χ2n) is 7.22. The van der Waals surface area contributed by atoms with Gasteiger partial charge in [0.1, 0.15) is 12.4 Å². The molecule has 0 aliphatic carbocycles. The number of H-pyrrole nitrogens is 1. The van der Waals surface area contributed by atoms with E-state index in [2.05, 4.69) is 4.98 Å². The summed E-state index contributed by atoms with van der Waals surface area (Å²) >= 11 is 0. The van der Waals surface area contributed by atoms with Gasteiger partial charge in [-0.25, -0.2) is 9.78 Å². The molecule has 2 heterocycles. The number of ether oxygens (including phenoxy) is 1.